The summed E-state index contributed by atoms with van der Waals surface area (Å²) in [6, 6.07) is 16.9. The zero-order valence-corrected chi connectivity index (χ0v) is 9.48. The van der Waals surface area contributed by atoms with Crippen LogP contribution >= 0.6 is 0 Å². The van der Waals surface area contributed by atoms with Gasteiger partial charge in [0.25, 0.3) is 0 Å². The Kier molecular flexibility index (Phi) is 3.22. The van der Waals surface area contributed by atoms with Crippen LogP contribution in [0.3, 0.4) is 0 Å². The second-order valence-electron chi connectivity index (χ2n) is 4.04. The number of nitrogens with zero attached hydrogens (tertiary/aromatic N) is 1. The molecule has 0 aliphatic carbocycles. The topological polar surface area (TPSA) is 23.8 Å². The van der Waals surface area contributed by atoms with E-state index < -0.39 is 0 Å². The molecular weight excluding hydrogens is 194 g/mol. The van der Waals surface area contributed by atoms with Crippen molar-refractivity contribution >= 4 is 10.8 Å². The Morgan fingerprint density at radius 2 is 1.88 bits per heavy atom. The molecule has 0 N–H and O–H groups in total. The predicted octanol–water partition coefficient (Wildman–Crippen LogP) is 4.25. The molecule has 16 heavy (non-hydrogen) atoms. The second kappa shape index (κ2) is 4.81. The lowest BCUT2D eigenvalue weighted by Gasteiger charge is -2.11. The predicted molar refractivity (Wildman–Crippen MR) is 67.2 cm³/mol. The van der Waals surface area contributed by atoms with Crippen LogP contribution in [0.5, 0.6) is 0 Å². The summed E-state index contributed by atoms with van der Waals surface area (Å²) in [4.78, 5) is 0. The van der Waals surface area contributed by atoms with Gasteiger partial charge in [-0.25, -0.2) is 0 Å². The molecule has 1 heteroatoms. The highest BCUT2D eigenvalue weighted by atomic mass is 14.3. The number of hydrogen-bond donors (Lipinski definition) is 0. The normalized spacial score (nSPS) is 12.2. The van der Waals surface area contributed by atoms with Crippen LogP contribution in [0.25, 0.3) is 10.8 Å². The highest BCUT2D eigenvalue weighted by Crippen LogP contribution is 2.28. The lowest BCUT2D eigenvalue weighted by molar-refractivity contribution is 0.731. The van der Waals surface area contributed by atoms with Crippen LogP contribution in [0, 0.1) is 11.3 Å². The Morgan fingerprint density at radius 3 is 2.62 bits per heavy atom. The van der Waals surface area contributed by atoms with Gasteiger partial charge in [0.05, 0.1) is 12.0 Å². The van der Waals surface area contributed by atoms with Gasteiger partial charge in [0.1, 0.15) is 0 Å². The smallest absolute Gasteiger partial charge is 0.0718 e. The summed E-state index contributed by atoms with van der Waals surface area (Å²) in [5.74, 6) is 0.0242. The number of rotatable bonds is 3. The minimum atomic E-state index is 0.0242. The van der Waals surface area contributed by atoms with E-state index in [9.17, 15) is 5.26 Å². The maximum absolute atomic E-state index is 9.22. The quantitative estimate of drug-likeness (QED) is 0.741. The van der Waals surface area contributed by atoms with Crippen molar-refractivity contribution < 1.29 is 0 Å². The van der Waals surface area contributed by atoms with Gasteiger partial charge in [0.15, 0.2) is 0 Å². The third-order valence-corrected chi connectivity index (χ3v) is 2.93. The van der Waals surface area contributed by atoms with Gasteiger partial charge in [0.2, 0.25) is 0 Å². The van der Waals surface area contributed by atoms with Crippen molar-refractivity contribution in [3.63, 3.8) is 0 Å². The van der Waals surface area contributed by atoms with Crippen LogP contribution in [0.1, 0.15) is 31.2 Å². The van der Waals surface area contributed by atoms with E-state index in [0.717, 1.165) is 12.8 Å². The van der Waals surface area contributed by atoms with Crippen molar-refractivity contribution in [1.82, 2.24) is 0 Å². The molecule has 1 atom stereocenters. The fraction of sp³-hybridized carbons (Fsp3) is 0.267. The highest BCUT2D eigenvalue weighted by molar-refractivity contribution is 5.86. The summed E-state index contributed by atoms with van der Waals surface area (Å²) in [6.07, 6.45) is 1.98. The molecule has 0 fully saturated rings. The molecule has 80 valence electrons. The average molecular weight is 209 g/mol. The summed E-state index contributed by atoms with van der Waals surface area (Å²) in [5.41, 5.74) is 1.17. The summed E-state index contributed by atoms with van der Waals surface area (Å²) >= 11 is 0. The van der Waals surface area contributed by atoms with Crippen molar-refractivity contribution in [1.29, 1.82) is 5.26 Å². The summed E-state index contributed by atoms with van der Waals surface area (Å²) in [6.45, 7) is 2.12. The second-order valence-corrected chi connectivity index (χ2v) is 4.04. The minimum Gasteiger partial charge on any atom is -0.198 e. The van der Waals surface area contributed by atoms with E-state index in [1.165, 1.54) is 16.3 Å². The van der Waals surface area contributed by atoms with E-state index in [4.69, 9.17) is 0 Å². The fourth-order valence-electron chi connectivity index (χ4n) is 2.13. The van der Waals surface area contributed by atoms with Crippen molar-refractivity contribution in [2.24, 2.45) is 0 Å². The minimum absolute atomic E-state index is 0.0242. The number of nitriles is 1. The third kappa shape index (κ3) is 1.92. The molecule has 1 unspecified atom stereocenters. The first-order valence-corrected chi connectivity index (χ1v) is 5.74. The summed E-state index contributed by atoms with van der Waals surface area (Å²) < 4.78 is 0. The molecule has 0 radical (unpaired) electrons. The zero-order chi connectivity index (χ0) is 11.4. The molecule has 0 aliphatic rings. The van der Waals surface area contributed by atoms with Gasteiger partial charge in [-0.3, -0.25) is 0 Å². The van der Waals surface area contributed by atoms with Gasteiger partial charge in [-0.15, -0.1) is 0 Å². The fourth-order valence-corrected chi connectivity index (χ4v) is 2.13. The van der Waals surface area contributed by atoms with E-state index >= 15 is 0 Å². The highest BCUT2D eigenvalue weighted by Gasteiger charge is 2.11. The van der Waals surface area contributed by atoms with Gasteiger partial charge < -0.3 is 0 Å². The average Bonchev–Trinajstić information content (AvgIpc) is 2.35. The van der Waals surface area contributed by atoms with Crippen LogP contribution < -0.4 is 0 Å². The first-order chi connectivity index (χ1) is 7.86. The molecule has 0 heterocycles. The van der Waals surface area contributed by atoms with Crippen LogP contribution in [0.15, 0.2) is 42.5 Å². The summed E-state index contributed by atoms with van der Waals surface area (Å²) in [5, 5.41) is 11.7. The van der Waals surface area contributed by atoms with E-state index in [2.05, 4.69) is 37.3 Å². The first kappa shape index (κ1) is 10.7. The lowest BCUT2D eigenvalue weighted by Crippen LogP contribution is -1.96. The Labute approximate surface area is 96.3 Å². The largest absolute Gasteiger partial charge is 0.198 e. The van der Waals surface area contributed by atoms with Crippen molar-refractivity contribution in [2.45, 2.75) is 25.7 Å². The molecule has 1 nitrogen and oxygen atoms in total. The van der Waals surface area contributed by atoms with Crippen LogP contribution in [0.2, 0.25) is 0 Å². The van der Waals surface area contributed by atoms with Gasteiger partial charge in [0, 0.05) is 0 Å². The molecule has 0 saturated carbocycles. The Morgan fingerprint density at radius 1 is 1.12 bits per heavy atom. The molecule has 0 saturated heterocycles. The Hall–Kier alpha value is -1.81. The van der Waals surface area contributed by atoms with Crippen molar-refractivity contribution in [3.05, 3.63) is 48.0 Å². The molecule has 0 bridgehead atoms. The molecule has 2 rings (SSSR count). The van der Waals surface area contributed by atoms with Crippen LogP contribution in [-0.2, 0) is 0 Å². The van der Waals surface area contributed by atoms with Crippen molar-refractivity contribution in [3.8, 4) is 6.07 Å². The van der Waals surface area contributed by atoms with E-state index in [1.807, 2.05) is 18.2 Å². The van der Waals surface area contributed by atoms with Gasteiger partial charge in [-0.2, -0.15) is 5.26 Å². The lowest BCUT2D eigenvalue weighted by atomic mass is 9.91. The van der Waals surface area contributed by atoms with Gasteiger partial charge in [-0.1, -0.05) is 55.8 Å². The van der Waals surface area contributed by atoms with Crippen molar-refractivity contribution in [2.75, 3.05) is 0 Å². The SMILES string of the molecule is CCCC(C#N)c1cccc2ccccc12. The third-order valence-electron chi connectivity index (χ3n) is 2.93. The van der Waals surface area contributed by atoms with Crippen LogP contribution in [0.4, 0.5) is 0 Å². The number of fused-ring (bicyclic) bond motifs is 1. The van der Waals surface area contributed by atoms with E-state index in [1.54, 1.807) is 0 Å². The standard InChI is InChI=1S/C15H15N/c1-2-6-13(11-16)15-10-5-8-12-7-3-4-9-14(12)15/h3-5,7-10,13H,2,6H2,1H3. The molecular formula is C15H15N. The maximum atomic E-state index is 9.22. The first-order valence-electron chi connectivity index (χ1n) is 5.74. The van der Waals surface area contributed by atoms with E-state index in [0.29, 0.717) is 0 Å². The number of benzene rings is 2. The monoisotopic (exact) mass is 209 g/mol. The van der Waals surface area contributed by atoms with Crippen LogP contribution in [-0.4, -0.2) is 0 Å². The van der Waals surface area contributed by atoms with E-state index in [-0.39, 0.29) is 5.92 Å². The maximum Gasteiger partial charge on any atom is 0.0718 e. The molecule has 0 spiro atoms. The summed E-state index contributed by atoms with van der Waals surface area (Å²) in [7, 11) is 0. The Balaban J connectivity index is 2.55. The zero-order valence-electron chi connectivity index (χ0n) is 9.48. The number of hydrogen-bond acceptors (Lipinski definition) is 1. The van der Waals surface area contributed by atoms with Gasteiger partial charge in [-0.05, 0) is 22.8 Å². The molecule has 0 aromatic heterocycles. The molecule has 2 aromatic carbocycles. The molecule has 0 aliphatic heterocycles. The molecule has 2 aromatic rings. The van der Waals surface area contributed by atoms with Gasteiger partial charge >= 0.3 is 0 Å². The molecule has 0 amide bonds. The Bertz CT molecular complexity index is 517.